The minimum absolute atomic E-state index is 0.0853. The van der Waals surface area contributed by atoms with Crippen LogP contribution in [0.1, 0.15) is 35.8 Å². The number of aliphatic imine (C=N–C) groups is 1. The van der Waals surface area contributed by atoms with Gasteiger partial charge < -0.3 is 10.2 Å². The van der Waals surface area contributed by atoms with E-state index in [0.717, 1.165) is 61.6 Å². The van der Waals surface area contributed by atoms with Gasteiger partial charge in [0.2, 0.25) is 5.91 Å². The Balaban J connectivity index is 1.37. The zero-order chi connectivity index (χ0) is 20.9. The fourth-order valence-electron chi connectivity index (χ4n) is 3.59. The Morgan fingerprint density at radius 3 is 2.63 bits per heavy atom. The molecule has 1 saturated heterocycles. The van der Waals surface area contributed by atoms with Crippen LogP contribution in [0.5, 0.6) is 0 Å². The number of nitrogens with zero attached hydrogens (tertiary/aromatic N) is 4. The Labute approximate surface area is 176 Å². The van der Waals surface area contributed by atoms with Crippen LogP contribution in [0.3, 0.4) is 0 Å². The number of hydrogen-bond acceptors (Lipinski definition) is 6. The summed E-state index contributed by atoms with van der Waals surface area (Å²) in [4.78, 5) is 35.8. The van der Waals surface area contributed by atoms with Gasteiger partial charge in [0.15, 0.2) is 6.29 Å². The van der Waals surface area contributed by atoms with Crippen molar-refractivity contribution in [2.45, 2.75) is 26.3 Å². The lowest BCUT2D eigenvalue weighted by Gasteiger charge is -2.36. The molecule has 30 heavy (non-hydrogen) atoms. The average molecular weight is 406 g/mol. The maximum absolute atomic E-state index is 11.6. The second kappa shape index (κ2) is 9.17. The van der Waals surface area contributed by atoms with Crippen molar-refractivity contribution in [3.05, 3.63) is 47.8 Å². The molecule has 0 bridgehead atoms. The van der Waals surface area contributed by atoms with Gasteiger partial charge in [-0.25, -0.2) is 0 Å². The summed E-state index contributed by atoms with van der Waals surface area (Å²) in [5, 5.41) is 2.92. The summed E-state index contributed by atoms with van der Waals surface area (Å²) < 4.78 is 0. The Morgan fingerprint density at radius 2 is 2.00 bits per heavy atom. The lowest BCUT2D eigenvalue weighted by Crippen LogP contribution is -2.46. The molecule has 1 saturated carbocycles. The highest BCUT2D eigenvalue weighted by atomic mass is 16.1. The highest BCUT2D eigenvalue weighted by Gasteiger charge is 2.20. The van der Waals surface area contributed by atoms with Gasteiger partial charge in [-0.2, -0.15) is 0 Å². The summed E-state index contributed by atoms with van der Waals surface area (Å²) in [6, 6.07) is 9.84. The van der Waals surface area contributed by atoms with Crippen LogP contribution in [-0.4, -0.2) is 54.5 Å². The third-order valence-corrected chi connectivity index (χ3v) is 5.45. The van der Waals surface area contributed by atoms with Gasteiger partial charge in [0.05, 0.1) is 23.3 Å². The number of carbonyl (C=O) groups excluding carboxylic acids is 2. The molecule has 1 aliphatic heterocycles. The van der Waals surface area contributed by atoms with Crippen LogP contribution in [0.2, 0.25) is 0 Å². The van der Waals surface area contributed by atoms with Gasteiger partial charge in [-0.1, -0.05) is 6.07 Å². The SMILES string of the molecule is CC(=O)Nc1cc(CN2CCN(c3ccc(C=O)nc3)CC2)ccc1N=CC1CC1. The van der Waals surface area contributed by atoms with Crippen molar-refractivity contribution < 1.29 is 9.59 Å². The van der Waals surface area contributed by atoms with Gasteiger partial charge in [0.25, 0.3) is 0 Å². The van der Waals surface area contributed by atoms with E-state index < -0.39 is 0 Å². The first-order valence-corrected chi connectivity index (χ1v) is 10.4. The molecule has 1 amide bonds. The predicted octanol–water partition coefficient (Wildman–Crippen LogP) is 3.29. The van der Waals surface area contributed by atoms with Gasteiger partial charge in [-0.05, 0) is 48.6 Å². The molecule has 1 aromatic heterocycles. The predicted molar refractivity (Wildman–Crippen MR) is 119 cm³/mol. The summed E-state index contributed by atoms with van der Waals surface area (Å²) in [5.41, 5.74) is 4.26. The second-order valence-electron chi connectivity index (χ2n) is 7.97. The number of aromatic nitrogens is 1. The number of pyridine rings is 1. The Kier molecular flexibility index (Phi) is 6.18. The number of hydrogen-bond donors (Lipinski definition) is 1. The third kappa shape index (κ3) is 5.30. The third-order valence-electron chi connectivity index (χ3n) is 5.45. The minimum atomic E-state index is -0.0853. The van der Waals surface area contributed by atoms with Crippen molar-refractivity contribution in [1.82, 2.24) is 9.88 Å². The summed E-state index contributed by atoms with van der Waals surface area (Å²) >= 11 is 0. The molecular weight excluding hydrogens is 378 g/mol. The Hall–Kier alpha value is -3.06. The van der Waals surface area contributed by atoms with Crippen molar-refractivity contribution in [3.8, 4) is 0 Å². The van der Waals surface area contributed by atoms with E-state index in [2.05, 4.69) is 31.2 Å². The summed E-state index contributed by atoms with van der Waals surface area (Å²) in [6.07, 6.45) is 6.94. The molecule has 7 heteroatoms. The average Bonchev–Trinajstić information content (AvgIpc) is 3.58. The molecule has 1 aromatic carbocycles. The molecule has 2 aliphatic rings. The highest BCUT2D eigenvalue weighted by molar-refractivity contribution is 5.92. The topological polar surface area (TPSA) is 77.9 Å². The molecule has 1 N–H and O–H groups in total. The van der Waals surface area contributed by atoms with Crippen LogP contribution in [0.25, 0.3) is 0 Å². The lowest BCUT2D eigenvalue weighted by atomic mass is 10.1. The van der Waals surface area contributed by atoms with Crippen molar-refractivity contribution in [3.63, 3.8) is 0 Å². The molecule has 0 spiro atoms. The van der Waals surface area contributed by atoms with E-state index in [0.29, 0.717) is 11.6 Å². The van der Waals surface area contributed by atoms with Crippen LogP contribution in [0.4, 0.5) is 17.1 Å². The number of benzene rings is 1. The van der Waals surface area contributed by atoms with E-state index in [1.54, 1.807) is 12.3 Å². The van der Waals surface area contributed by atoms with E-state index >= 15 is 0 Å². The first kappa shape index (κ1) is 20.2. The van der Waals surface area contributed by atoms with Crippen LogP contribution in [-0.2, 0) is 11.3 Å². The number of carbonyl (C=O) groups is 2. The summed E-state index contributed by atoms with van der Waals surface area (Å²) in [6.45, 7) is 6.04. The Morgan fingerprint density at radius 1 is 1.20 bits per heavy atom. The van der Waals surface area contributed by atoms with Crippen LogP contribution in [0.15, 0.2) is 41.5 Å². The highest BCUT2D eigenvalue weighted by Crippen LogP contribution is 2.31. The molecule has 4 rings (SSSR count). The van der Waals surface area contributed by atoms with Crippen LogP contribution >= 0.6 is 0 Å². The van der Waals surface area contributed by atoms with E-state index in [-0.39, 0.29) is 5.91 Å². The van der Waals surface area contributed by atoms with E-state index in [9.17, 15) is 9.59 Å². The maximum atomic E-state index is 11.6. The first-order valence-electron chi connectivity index (χ1n) is 10.4. The molecular formula is C23H27N5O2. The van der Waals surface area contributed by atoms with E-state index in [1.165, 1.54) is 19.8 Å². The zero-order valence-corrected chi connectivity index (χ0v) is 17.3. The molecule has 156 valence electrons. The normalized spacial score (nSPS) is 17.3. The van der Waals surface area contributed by atoms with Gasteiger partial charge in [0.1, 0.15) is 5.69 Å². The first-order chi connectivity index (χ1) is 14.6. The minimum Gasteiger partial charge on any atom is -0.368 e. The lowest BCUT2D eigenvalue weighted by molar-refractivity contribution is -0.114. The molecule has 1 aliphatic carbocycles. The van der Waals surface area contributed by atoms with Crippen molar-refractivity contribution >= 4 is 35.5 Å². The smallest absolute Gasteiger partial charge is 0.221 e. The van der Waals surface area contributed by atoms with Crippen LogP contribution in [0, 0.1) is 5.92 Å². The van der Waals surface area contributed by atoms with Crippen LogP contribution < -0.4 is 10.2 Å². The fraction of sp³-hybridized carbons (Fsp3) is 0.391. The molecule has 0 atom stereocenters. The second-order valence-corrected chi connectivity index (χ2v) is 7.97. The zero-order valence-electron chi connectivity index (χ0n) is 17.3. The van der Waals surface area contributed by atoms with E-state index in [1.807, 2.05) is 24.4 Å². The van der Waals surface area contributed by atoms with Crippen molar-refractivity contribution in [2.24, 2.45) is 10.9 Å². The monoisotopic (exact) mass is 405 g/mol. The number of rotatable bonds is 7. The summed E-state index contributed by atoms with van der Waals surface area (Å²) in [7, 11) is 0. The summed E-state index contributed by atoms with van der Waals surface area (Å²) in [5.74, 6) is 0.508. The molecule has 0 radical (unpaired) electrons. The number of nitrogens with one attached hydrogen (secondary N) is 1. The number of anilines is 2. The molecule has 7 nitrogen and oxygen atoms in total. The molecule has 2 aromatic rings. The van der Waals surface area contributed by atoms with E-state index in [4.69, 9.17) is 0 Å². The van der Waals surface area contributed by atoms with Gasteiger partial charge in [0, 0.05) is 45.9 Å². The van der Waals surface area contributed by atoms with Gasteiger partial charge >= 0.3 is 0 Å². The van der Waals surface area contributed by atoms with Crippen molar-refractivity contribution in [2.75, 3.05) is 36.4 Å². The van der Waals surface area contributed by atoms with Crippen molar-refractivity contribution in [1.29, 1.82) is 0 Å². The van der Waals surface area contributed by atoms with Gasteiger partial charge in [-0.15, -0.1) is 0 Å². The molecule has 2 fully saturated rings. The van der Waals surface area contributed by atoms with Gasteiger partial charge in [-0.3, -0.25) is 24.5 Å². The number of piperazine rings is 1. The standard InChI is InChI=1S/C23H27N5O2/c1-17(30)26-23-12-19(4-7-22(23)25-13-18-2-3-18)15-27-8-10-28(11-9-27)21-6-5-20(16-29)24-14-21/h4-7,12-14,16,18H,2-3,8-11,15H2,1H3,(H,26,30). The molecule has 2 heterocycles. The quantitative estimate of drug-likeness (QED) is 0.565. The molecule has 0 unspecified atom stereocenters. The number of aldehydes is 1. The largest absolute Gasteiger partial charge is 0.368 e. The Bertz CT molecular complexity index is 929. The fourth-order valence-corrected chi connectivity index (χ4v) is 3.59. The number of amides is 1. The maximum Gasteiger partial charge on any atom is 0.221 e.